The van der Waals surface area contributed by atoms with Crippen molar-refractivity contribution in [3.63, 3.8) is 0 Å². The van der Waals surface area contributed by atoms with Gasteiger partial charge in [0, 0.05) is 18.3 Å². The monoisotopic (exact) mass is 167 g/mol. The van der Waals surface area contributed by atoms with Gasteiger partial charge in [-0.25, -0.2) is 4.39 Å². The lowest BCUT2D eigenvalue weighted by molar-refractivity contribution is 0.423. The Balaban J connectivity index is 2.89. The first-order valence-electron chi connectivity index (χ1n) is 4.12. The molecule has 1 aliphatic carbocycles. The minimum Gasteiger partial charge on any atom is -0.293 e. The van der Waals surface area contributed by atoms with Crippen LogP contribution in [-0.4, -0.2) is 18.9 Å². The molecule has 0 fully saturated rings. The molecule has 12 heavy (non-hydrogen) atoms. The van der Waals surface area contributed by atoms with E-state index in [4.69, 9.17) is 0 Å². The second kappa shape index (κ2) is 3.65. The minimum absolute atomic E-state index is 0.676. The lowest BCUT2D eigenvalue weighted by atomic mass is 9.91. The third kappa shape index (κ3) is 1.63. The number of alkyl halides is 1. The van der Waals surface area contributed by atoms with Gasteiger partial charge in [0.2, 0.25) is 0 Å². The molecule has 0 amide bonds. The maximum atomic E-state index is 13.4. The van der Waals surface area contributed by atoms with Crippen molar-refractivity contribution < 1.29 is 4.39 Å². The second-order valence-electron chi connectivity index (χ2n) is 3.03. The molecule has 1 nitrogen and oxygen atoms in total. The van der Waals surface area contributed by atoms with E-state index >= 15 is 0 Å². The van der Waals surface area contributed by atoms with Crippen LogP contribution in [0, 0.1) is 0 Å². The van der Waals surface area contributed by atoms with Crippen LogP contribution in [0.25, 0.3) is 0 Å². The molecule has 0 radical (unpaired) electrons. The Hall–Kier alpha value is -0.920. The molecule has 0 saturated carbocycles. The van der Waals surface area contributed by atoms with Crippen LogP contribution < -0.4 is 0 Å². The molecule has 0 aromatic rings. The Morgan fingerprint density at radius 2 is 2.42 bits per heavy atom. The number of aliphatic imine (C=N–C) groups is 1. The van der Waals surface area contributed by atoms with Crippen LogP contribution in [0.3, 0.4) is 0 Å². The largest absolute Gasteiger partial charge is 0.293 e. The third-order valence-corrected chi connectivity index (χ3v) is 2.21. The molecule has 0 saturated heterocycles. The summed E-state index contributed by atoms with van der Waals surface area (Å²) in [5, 5.41) is 0. The first-order valence-corrected chi connectivity index (χ1v) is 4.12. The minimum atomic E-state index is -0.998. The molecular formula is C10H14FN. The van der Waals surface area contributed by atoms with E-state index in [1.807, 2.05) is 13.0 Å². The molecule has 0 aliphatic heterocycles. The zero-order valence-electron chi connectivity index (χ0n) is 7.60. The van der Waals surface area contributed by atoms with Gasteiger partial charge in [-0.05, 0) is 25.3 Å². The third-order valence-electron chi connectivity index (χ3n) is 2.21. The van der Waals surface area contributed by atoms with Gasteiger partial charge in [0.15, 0.2) is 0 Å². The predicted molar refractivity (Wildman–Crippen MR) is 50.4 cm³/mol. The summed E-state index contributed by atoms with van der Waals surface area (Å²) in [6.07, 6.45) is 2.58. The van der Waals surface area contributed by atoms with Crippen LogP contribution in [0.4, 0.5) is 4.39 Å². The number of nitrogens with zero attached hydrogens (tertiary/aromatic N) is 1. The predicted octanol–water partition coefficient (Wildman–Crippen LogP) is 2.69. The van der Waals surface area contributed by atoms with Crippen molar-refractivity contribution in [2.45, 2.75) is 25.9 Å². The smallest absolute Gasteiger partial charge is 0.147 e. The van der Waals surface area contributed by atoms with Crippen LogP contribution in [0.1, 0.15) is 19.8 Å². The van der Waals surface area contributed by atoms with E-state index in [1.165, 1.54) is 0 Å². The molecule has 0 aromatic carbocycles. The Morgan fingerprint density at radius 3 is 3.00 bits per heavy atom. The Kier molecular flexibility index (Phi) is 2.79. The standard InChI is InChI=1S/C10H14FN/c1-7-5-4-6-9(10(7)11)8(2)12-3/h6,10H,1,4-5H2,2-3H3/t10-/m1/s1. The van der Waals surface area contributed by atoms with Gasteiger partial charge in [-0.2, -0.15) is 0 Å². The number of allylic oxidation sites excluding steroid dienone is 3. The van der Waals surface area contributed by atoms with Crippen molar-refractivity contribution in [2.24, 2.45) is 4.99 Å². The van der Waals surface area contributed by atoms with Crippen LogP contribution in [-0.2, 0) is 0 Å². The fourth-order valence-electron chi connectivity index (χ4n) is 1.32. The summed E-state index contributed by atoms with van der Waals surface area (Å²) >= 11 is 0. The molecule has 1 atom stereocenters. The lowest BCUT2D eigenvalue weighted by Crippen LogP contribution is -2.17. The van der Waals surface area contributed by atoms with E-state index < -0.39 is 6.17 Å². The molecule has 0 unspecified atom stereocenters. The summed E-state index contributed by atoms with van der Waals surface area (Å²) < 4.78 is 13.4. The van der Waals surface area contributed by atoms with E-state index in [0.29, 0.717) is 11.1 Å². The van der Waals surface area contributed by atoms with E-state index in [-0.39, 0.29) is 0 Å². The first kappa shape index (κ1) is 9.17. The van der Waals surface area contributed by atoms with Crippen LogP contribution >= 0.6 is 0 Å². The lowest BCUT2D eigenvalue weighted by Gasteiger charge is -2.19. The molecule has 0 aromatic heterocycles. The Bertz CT molecular complexity index is 251. The molecule has 1 rings (SSSR count). The van der Waals surface area contributed by atoms with Gasteiger partial charge in [-0.15, -0.1) is 0 Å². The van der Waals surface area contributed by atoms with Gasteiger partial charge in [0.05, 0.1) is 0 Å². The summed E-state index contributed by atoms with van der Waals surface area (Å²) in [5.41, 5.74) is 2.16. The van der Waals surface area contributed by atoms with Gasteiger partial charge >= 0.3 is 0 Å². The second-order valence-corrected chi connectivity index (χ2v) is 3.03. The first-order chi connectivity index (χ1) is 5.66. The van der Waals surface area contributed by atoms with Crippen molar-refractivity contribution in [3.8, 4) is 0 Å². The van der Waals surface area contributed by atoms with Crippen molar-refractivity contribution in [1.29, 1.82) is 0 Å². The van der Waals surface area contributed by atoms with Gasteiger partial charge < -0.3 is 0 Å². The summed E-state index contributed by atoms with van der Waals surface area (Å²) in [7, 11) is 1.68. The molecular weight excluding hydrogens is 153 g/mol. The fraction of sp³-hybridized carbons (Fsp3) is 0.500. The highest BCUT2D eigenvalue weighted by atomic mass is 19.1. The van der Waals surface area contributed by atoms with Gasteiger partial charge in [0.1, 0.15) is 6.17 Å². The summed E-state index contributed by atoms with van der Waals surface area (Å²) in [6.45, 7) is 5.52. The zero-order valence-corrected chi connectivity index (χ0v) is 7.60. The maximum absolute atomic E-state index is 13.4. The fourth-order valence-corrected chi connectivity index (χ4v) is 1.32. The molecule has 0 heterocycles. The molecule has 66 valence electrons. The van der Waals surface area contributed by atoms with E-state index in [1.54, 1.807) is 7.05 Å². The van der Waals surface area contributed by atoms with Gasteiger partial charge in [-0.1, -0.05) is 12.7 Å². The van der Waals surface area contributed by atoms with Crippen LogP contribution in [0.15, 0.2) is 28.8 Å². The Morgan fingerprint density at radius 1 is 1.75 bits per heavy atom. The molecule has 1 aliphatic rings. The average molecular weight is 167 g/mol. The van der Waals surface area contributed by atoms with E-state index in [9.17, 15) is 4.39 Å². The average Bonchev–Trinajstić information content (AvgIpc) is 2.08. The summed E-state index contributed by atoms with van der Waals surface area (Å²) in [4.78, 5) is 3.96. The quantitative estimate of drug-likeness (QED) is 0.420. The Labute approximate surface area is 72.7 Å². The highest BCUT2D eigenvalue weighted by Crippen LogP contribution is 2.26. The van der Waals surface area contributed by atoms with Crippen LogP contribution in [0.5, 0.6) is 0 Å². The van der Waals surface area contributed by atoms with Crippen molar-refractivity contribution in [1.82, 2.24) is 0 Å². The van der Waals surface area contributed by atoms with Crippen LogP contribution in [0.2, 0.25) is 0 Å². The topological polar surface area (TPSA) is 12.4 Å². The normalized spacial score (nSPS) is 25.6. The van der Waals surface area contributed by atoms with E-state index in [0.717, 1.165) is 18.6 Å². The van der Waals surface area contributed by atoms with E-state index in [2.05, 4.69) is 11.6 Å². The zero-order chi connectivity index (χ0) is 9.14. The molecule has 0 bridgehead atoms. The molecule has 0 N–H and O–H groups in total. The van der Waals surface area contributed by atoms with Crippen molar-refractivity contribution >= 4 is 5.71 Å². The molecule has 2 heteroatoms. The number of rotatable bonds is 1. The highest BCUT2D eigenvalue weighted by molar-refractivity contribution is 5.99. The van der Waals surface area contributed by atoms with Gasteiger partial charge in [0.25, 0.3) is 0 Å². The van der Waals surface area contributed by atoms with Crippen molar-refractivity contribution in [3.05, 3.63) is 23.8 Å². The molecule has 0 spiro atoms. The number of halogens is 1. The SMILES string of the molecule is C=C1CCC=C(C(C)=NC)[C@@H]1F. The maximum Gasteiger partial charge on any atom is 0.147 e. The summed E-state index contributed by atoms with van der Waals surface area (Å²) in [6, 6.07) is 0. The summed E-state index contributed by atoms with van der Waals surface area (Å²) in [5.74, 6) is 0. The number of hydrogen-bond acceptors (Lipinski definition) is 1. The number of hydrogen-bond donors (Lipinski definition) is 0. The highest BCUT2D eigenvalue weighted by Gasteiger charge is 2.21. The van der Waals surface area contributed by atoms with Crippen molar-refractivity contribution in [2.75, 3.05) is 7.05 Å². The van der Waals surface area contributed by atoms with Gasteiger partial charge in [-0.3, -0.25) is 4.99 Å².